The molecule has 8 heteroatoms. The number of alkyl carbamates (subject to hydrolysis) is 1. The molecule has 2 atom stereocenters. The highest BCUT2D eigenvalue weighted by molar-refractivity contribution is 5.92. The summed E-state index contributed by atoms with van der Waals surface area (Å²) < 4.78 is 5.35. The zero-order chi connectivity index (χ0) is 27.3. The van der Waals surface area contributed by atoms with Crippen LogP contribution in [-0.4, -0.2) is 47.5 Å². The fraction of sp³-hybridized carbons (Fsp3) is 0.571. The number of hydrogen-bond acceptors (Lipinski definition) is 5. The van der Waals surface area contributed by atoms with Gasteiger partial charge in [0.15, 0.2) is 0 Å². The molecule has 1 aromatic carbocycles. The molecule has 0 spiro atoms. The third kappa shape index (κ3) is 10.00. The third-order valence-electron chi connectivity index (χ3n) is 5.27. The first kappa shape index (κ1) is 30.5. The van der Waals surface area contributed by atoms with Gasteiger partial charge in [0, 0.05) is 12.1 Å². The van der Waals surface area contributed by atoms with Crippen molar-refractivity contribution in [2.45, 2.75) is 84.9 Å². The third-order valence-corrected chi connectivity index (χ3v) is 5.27. The number of benzene rings is 1. The molecule has 2 N–H and O–H groups in total. The summed E-state index contributed by atoms with van der Waals surface area (Å²) in [4.78, 5) is 41.0. The summed E-state index contributed by atoms with van der Waals surface area (Å²) in [5.41, 5.74) is 0.133. The zero-order valence-electron chi connectivity index (χ0n) is 22.4. The number of ether oxygens (including phenoxy) is 1. The van der Waals surface area contributed by atoms with Gasteiger partial charge in [-0.15, -0.1) is 6.42 Å². The number of hydrogen-bond donors (Lipinski definition) is 2. The molecule has 0 bridgehead atoms. The van der Waals surface area contributed by atoms with E-state index < -0.39 is 35.6 Å². The predicted molar refractivity (Wildman–Crippen MR) is 140 cm³/mol. The molecule has 0 aliphatic carbocycles. The molecule has 1 aromatic rings. The van der Waals surface area contributed by atoms with Crippen molar-refractivity contribution in [2.75, 3.05) is 13.1 Å². The lowest BCUT2D eigenvalue weighted by Gasteiger charge is -2.33. The van der Waals surface area contributed by atoms with Crippen molar-refractivity contribution in [3.05, 3.63) is 35.4 Å². The fourth-order valence-electron chi connectivity index (χ4n) is 3.72. The van der Waals surface area contributed by atoms with E-state index in [1.165, 1.54) is 4.90 Å². The van der Waals surface area contributed by atoms with Crippen LogP contribution in [0.3, 0.4) is 0 Å². The van der Waals surface area contributed by atoms with Gasteiger partial charge in [-0.3, -0.25) is 9.59 Å². The first-order valence-electron chi connectivity index (χ1n) is 12.4. The average molecular weight is 497 g/mol. The van der Waals surface area contributed by atoms with E-state index in [1.54, 1.807) is 45.0 Å². The molecular formula is C28H40N4O4. The highest BCUT2D eigenvalue weighted by Gasteiger charge is 2.37. The van der Waals surface area contributed by atoms with Gasteiger partial charge < -0.3 is 20.3 Å². The van der Waals surface area contributed by atoms with E-state index in [0.29, 0.717) is 24.1 Å². The van der Waals surface area contributed by atoms with Crippen LogP contribution in [0.25, 0.3) is 0 Å². The van der Waals surface area contributed by atoms with Crippen molar-refractivity contribution >= 4 is 17.9 Å². The SMILES string of the molecule is C#Cc1ccccc1C(C(=O)NCCCCC)N(CC#N)C(=O)C(CC(C)C)NC(=O)OC(C)(C)C. The molecule has 0 fully saturated rings. The highest BCUT2D eigenvalue weighted by Crippen LogP contribution is 2.26. The number of nitriles is 1. The maximum absolute atomic E-state index is 13.8. The Balaban J connectivity index is 3.45. The molecule has 1 rings (SSSR count). The Kier molecular flexibility index (Phi) is 12.5. The van der Waals surface area contributed by atoms with Crippen LogP contribution in [0, 0.1) is 29.6 Å². The van der Waals surface area contributed by atoms with Gasteiger partial charge in [0.2, 0.25) is 11.8 Å². The Bertz CT molecular complexity index is 969. The van der Waals surface area contributed by atoms with E-state index in [1.807, 2.05) is 19.9 Å². The Morgan fingerprint density at radius 3 is 2.39 bits per heavy atom. The van der Waals surface area contributed by atoms with E-state index >= 15 is 0 Å². The number of nitrogens with zero attached hydrogens (tertiary/aromatic N) is 2. The average Bonchev–Trinajstić information content (AvgIpc) is 2.79. The maximum atomic E-state index is 13.8. The summed E-state index contributed by atoms with van der Waals surface area (Å²) in [6, 6.07) is 6.71. The zero-order valence-corrected chi connectivity index (χ0v) is 22.4. The topological polar surface area (TPSA) is 112 Å². The molecule has 3 amide bonds. The molecule has 0 aliphatic heterocycles. The summed E-state index contributed by atoms with van der Waals surface area (Å²) >= 11 is 0. The Hall–Kier alpha value is -3.52. The monoisotopic (exact) mass is 496 g/mol. The summed E-state index contributed by atoms with van der Waals surface area (Å²) in [6.45, 7) is 11.1. The Morgan fingerprint density at radius 1 is 1.17 bits per heavy atom. The van der Waals surface area contributed by atoms with Gasteiger partial charge in [-0.1, -0.05) is 57.7 Å². The van der Waals surface area contributed by atoms with E-state index in [9.17, 15) is 19.6 Å². The highest BCUT2D eigenvalue weighted by atomic mass is 16.6. The largest absolute Gasteiger partial charge is 0.444 e. The first-order chi connectivity index (χ1) is 16.9. The predicted octanol–water partition coefficient (Wildman–Crippen LogP) is 4.31. The lowest BCUT2D eigenvalue weighted by Crippen LogP contribution is -2.53. The van der Waals surface area contributed by atoms with Crippen LogP contribution in [0.1, 0.15) is 84.4 Å². The number of carbonyl (C=O) groups excluding carboxylic acids is 3. The standard InChI is InChI=1S/C28H40N4O4/c1-8-10-13-17-30-25(33)24(22-15-12-11-14-21(22)9-2)32(18-16-29)26(34)23(19-20(3)4)31-27(35)36-28(5,6)7/h2,11-12,14-15,20,23-24H,8,10,13,17-19H2,1,3-7H3,(H,30,33)(H,31,35). The van der Waals surface area contributed by atoms with Crippen LogP contribution in [0.4, 0.5) is 4.79 Å². The summed E-state index contributed by atoms with van der Waals surface area (Å²) in [6.07, 6.45) is 7.98. The Labute approximate surface area is 215 Å². The molecule has 0 saturated carbocycles. The molecule has 2 unspecified atom stereocenters. The van der Waals surface area contributed by atoms with Crippen molar-refractivity contribution < 1.29 is 19.1 Å². The number of unbranched alkanes of at least 4 members (excludes halogenated alkanes) is 2. The summed E-state index contributed by atoms with van der Waals surface area (Å²) in [5.74, 6) is 1.62. The van der Waals surface area contributed by atoms with Crippen molar-refractivity contribution in [1.82, 2.24) is 15.5 Å². The van der Waals surface area contributed by atoms with Crippen LogP contribution in [0.2, 0.25) is 0 Å². The van der Waals surface area contributed by atoms with Crippen LogP contribution in [0.15, 0.2) is 24.3 Å². The van der Waals surface area contributed by atoms with Gasteiger partial charge in [0.05, 0.1) is 6.07 Å². The van der Waals surface area contributed by atoms with Crippen LogP contribution >= 0.6 is 0 Å². The van der Waals surface area contributed by atoms with Crippen molar-refractivity contribution in [3.8, 4) is 18.4 Å². The minimum Gasteiger partial charge on any atom is -0.444 e. The Morgan fingerprint density at radius 2 is 1.83 bits per heavy atom. The second-order valence-corrected chi connectivity index (χ2v) is 10.1. The minimum absolute atomic E-state index is 0.0390. The fourth-order valence-corrected chi connectivity index (χ4v) is 3.72. The first-order valence-corrected chi connectivity index (χ1v) is 12.4. The molecule has 0 heterocycles. The lowest BCUT2D eigenvalue weighted by atomic mass is 9.96. The minimum atomic E-state index is -1.14. The second-order valence-electron chi connectivity index (χ2n) is 10.1. The van der Waals surface area contributed by atoms with Crippen LogP contribution < -0.4 is 10.6 Å². The maximum Gasteiger partial charge on any atom is 0.408 e. The van der Waals surface area contributed by atoms with Crippen molar-refractivity contribution in [2.24, 2.45) is 5.92 Å². The molecule has 0 saturated heterocycles. The normalized spacial score (nSPS) is 12.6. The summed E-state index contributed by atoms with van der Waals surface area (Å²) in [5, 5.41) is 15.1. The van der Waals surface area contributed by atoms with Crippen LogP contribution in [0.5, 0.6) is 0 Å². The molecule has 0 aromatic heterocycles. The number of rotatable bonds is 12. The second kappa shape index (κ2) is 14.8. The summed E-state index contributed by atoms with van der Waals surface area (Å²) in [7, 11) is 0. The van der Waals surface area contributed by atoms with E-state index in [4.69, 9.17) is 11.2 Å². The number of terminal acetylenes is 1. The number of carbonyl (C=O) groups is 3. The molecule has 0 radical (unpaired) electrons. The van der Waals surface area contributed by atoms with Crippen molar-refractivity contribution in [3.63, 3.8) is 0 Å². The van der Waals surface area contributed by atoms with E-state index in [-0.39, 0.29) is 12.5 Å². The molecule has 36 heavy (non-hydrogen) atoms. The van der Waals surface area contributed by atoms with Gasteiger partial charge in [0.25, 0.3) is 0 Å². The molecule has 0 aliphatic rings. The number of nitrogens with one attached hydrogen (secondary N) is 2. The quantitative estimate of drug-likeness (QED) is 0.254. The van der Waals surface area contributed by atoms with Gasteiger partial charge in [-0.25, -0.2) is 4.79 Å². The van der Waals surface area contributed by atoms with E-state index in [0.717, 1.165) is 19.3 Å². The molecule has 196 valence electrons. The smallest absolute Gasteiger partial charge is 0.408 e. The van der Waals surface area contributed by atoms with Gasteiger partial charge in [-0.2, -0.15) is 5.26 Å². The van der Waals surface area contributed by atoms with Gasteiger partial charge in [-0.05, 0) is 51.2 Å². The molecular weight excluding hydrogens is 456 g/mol. The van der Waals surface area contributed by atoms with Crippen molar-refractivity contribution in [1.29, 1.82) is 5.26 Å². The van der Waals surface area contributed by atoms with Gasteiger partial charge >= 0.3 is 6.09 Å². The van der Waals surface area contributed by atoms with Crippen LogP contribution in [-0.2, 0) is 14.3 Å². The lowest BCUT2D eigenvalue weighted by molar-refractivity contribution is -0.142. The van der Waals surface area contributed by atoms with Gasteiger partial charge in [0.1, 0.15) is 24.2 Å². The van der Waals surface area contributed by atoms with E-state index in [2.05, 4.69) is 23.5 Å². The number of amides is 3. The molecule has 8 nitrogen and oxygen atoms in total.